The van der Waals surface area contributed by atoms with E-state index in [0.717, 1.165) is 11.1 Å². The minimum Gasteiger partial charge on any atom is -0.496 e. The number of allylic oxidation sites excluding steroid dienone is 1. The van der Waals surface area contributed by atoms with Crippen LogP contribution in [0, 0.1) is 0 Å². The number of rotatable bonds is 10. The number of hydrogen-bond donors (Lipinski definition) is 0. The highest BCUT2D eigenvalue weighted by molar-refractivity contribution is 6.32. The largest absolute Gasteiger partial charge is 0.496 e. The summed E-state index contributed by atoms with van der Waals surface area (Å²) in [6.07, 6.45) is 3.01. The highest BCUT2D eigenvalue weighted by atomic mass is 35.5. The molecule has 3 aromatic carbocycles. The molecule has 0 aliphatic rings. The summed E-state index contributed by atoms with van der Waals surface area (Å²) < 4.78 is 45.6. The molecule has 0 aromatic heterocycles. The Balaban J connectivity index is 1.76. The van der Waals surface area contributed by atoms with E-state index in [1.165, 1.54) is 31.4 Å². The molecule has 0 aliphatic carbocycles. The first kappa shape index (κ1) is 24.1. The predicted molar refractivity (Wildman–Crippen MR) is 122 cm³/mol. The molecule has 0 bridgehead atoms. The Morgan fingerprint density at radius 1 is 0.939 bits per heavy atom. The van der Waals surface area contributed by atoms with Crippen molar-refractivity contribution in [1.82, 2.24) is 0 Å². The summed E-state index contributed by atoms with van der Waals surface area (Å²) in [6, 6.07) is 16.5. The van der Waals surface area contributed by atoms with Crippen LogP contribution in [0.15, 0.2) is 66.7 Å². The fraction of sp³-hybridized carbons (Fsp3) is 0.160. The van der Waals surface area contributed by atoms with Crippen LogP contribution in [-0.4, -0.2) is 26.6 Å². The molecule has 8 heteroatoms. The van der Waals surface area contributed by atoms with Gasteiger partial charge in [-0.15, -0.1) is 0 Å². The van der Waals surface area contributed by atoms with Crippen LogP contribution in [0.5, 0.6) is 23.0 Å². The molecule has 0 unspecified atom stereocenters. The number of carbonyl (C=O) groups is 1. The number of ether oxygens (including phenoxy) is 4. The van der Waals surface area contributed by atoms with Gasteiger partial charge in [-0.3, -0.25) is 4.79 Å². The quantitative estimate of drug-likeness (QED) is 0.250. The molecule has 0 heterocycles. The van der Waals surface area contributed by atoms with Crippen molar-refractivity contribution in [2.45, 2.75) is 13.2 Å². The summed E-state index contributed by atoms with van der Waals surface area (Å²) in [5, 5.41) is 0.499. The van der Waals surface area contributed by atoms with Crippen LogP contribution in [0.3, 0.4) is 0 Å². The third-order valence-electron chi connectivity index (χ3n) is 4.62. The summed E-state index contributed by atoms with van der Waals surface area (Å²) in [4.78, 5) is 12.6. The number of hydrogen-bond acceptors (Lipinski definition) is 5. The van der Waals surface area contributed by atoms with Crippen molar-refractivity contribution in [3.05, 3.63) is 88.5 Å². The molecule has 3 aromatic rings. The van der Waals surface area contributed by atoms with Gasteiger partial charge < -0.3 is 18.9 Å². The van der Waals surface area contributed by atoms with E-state index in [0.29, 0.717) is 16.5 Å². The molecule has 172 valence electrons. The number of alkyl halides is 2. The van der Waals surface area contributed by atoms with Gasteiger partial charge in [0.15, 0.2) is 17.3 Å². The van der Waals surface area contributed by atoms with E-state index < -0.39 is 6.61 Å². The second-order valence-corrected chi connectivity index (χ2v) is 7.14. The Hall–Kier alpha value is -3.58. The van der Waals surface area contributed by atoms with E-state index in [1.54, 1.807) is 37.5 Å². The minimum absolute atomic E-state index is 0.0398. The van der Waals surface area contributed by atoms with E-state index in [1.807, 2.05) is 18.2 Å². The lowest BCUT2D eigenvalue weighted by Crippen LogP contribution is -2.04. The predicted octanol–water partition coefficient (Wildman–Crippen LogP) is 6.43. The zero-order chi connectivity index (χ0) is 23.8. The maximum Gasteiger partial charge on any atom is 0.387 e. The normalized spacial score (nSPS) is 11.0. The minimum atomic E-state index is -2.99. The van der Waals surface area contributed by atoms with Gasteiger partial charge in [-0.1, -0.05) is 35.9 Å². The maximum absolute atomic E-state index is 12.6. The van der Waals surface area contributed by atoms with Gasteiger partial charge >= 0.3 is 6.61 Å². The van der Waals surface area contributed by atoms with Crippen LogP contribution < -0.4 is 18.9 Å². The third kappa shape index (κ3) is 6.46. The molecule has 5 nitrogen and oxygen atoms in total. The van der Waals surface area contributed by atoms with Crippen molar-refractivity contribution in [2.75, 3.05) is 14.2 Å². The topological polar surface area (TPSA) is 54.0 Å². The van der Waals surface area contributed by atoms with Crippen molar-refractivity contribution >= 4 is 23.5 Å². The number of halogens is 3. The SMILES string of the molecule is COc1ccc(/C=C/C(=O)c2ccc(OC(F)F)c(OC)c2)cc1COc1ccccc1Cl. The van der Waals surface area contributed by atoms with E-state index in [9.17, 15) is 13.6 Å². The van der Waals surface area contributed by atoms with Crippen LogP contribution in [0.1, 0.15) is 21.5 Å². The van der Waals surface area contributed by atoms with E-state index >= 15 is 0 Å². The van der Waals surface area contributed by atoms with Gasteiger partial charge in [0.2, 0.25) is 0 Å². The third-order valence-corrected chi connectivity index (χ3v) is 4.93. The molecule has 0 N–H and O–H groups in total. The molecular weight excluding hydrogens is 454 g/mol. The molecule has 0 atom stereocenters. The van der Waals surface area contributed by atoms with Gasteiger partial charge in [-0.2, -0.15) is 8.78 Å². The van der Waals surface area contributed by atoms with Crippen LogP contribution in [0.2, 0.25) is 5.02 Å². The fourth-order valence-corrected chi connectivity index (χ4v) is 3.20. The number of para-hydroxylation sites is 1. The first-order chi connectivity index (χ1) is 15.9. The molecule has 0 fully saturated rings. The lowest BCUT2D eigenvalue weighted by atomic mass is 10.1. The highest BCUT2D eigenvalue weighted by Gasteiger charge is 2.13. The van der Waals surface area contributed by atoms with Gasteiger partial charge in [-0.25, -0.2) is 0 Å². The average molecular weight is 475 g/mol. The summed E-state index contributed by atoms with van der Waals surface area (Å²) in [7, 11) is 2.86. The van der Waals surface area contributed by atoms with E-state index in [-0.39, 0.29) is 29.5 Å². The molecule has 0 aliphatic heterocycles. The lowest BCUT2D eigenvalue weighted by Gasteiger charge is -2.12. The number of methoxy groups -OCH3 is 2. The Kier molecular flexibility index (Phi) is 8.27. The summed E-state index contributed by atoms with van der Waals surface area (Å²) in [5.74, 6) is 0.737. The van der Waals surface area contributed by atoms with Crippen molar-refractivity contribution in [3.63, 3.8) is 0 Å². The highest BCUT2D eigenvalue weighted by Crippen LogP contribution is 2.30. The van der Waals surface area contributed by atoms with Gasteiger partial charge in [0, 0.05) is 11.1 Å². The second-order valence-electron chi connectivity index (χ2n) is 6.73. The second kappa shape index (κ2) is 11.3. The van der Waals surface area contributed by atoms with Crippen LogP contribution in [-0.2, 0) is 6.61 Å². The van der Waals surface area contributed by atoms with Crippen LogP contribution >= 0.6 is 11.6 Å². The van der Waals surface area contributed by atoms with E-state index in [4.69, 9.17) is 25.8 Å². The van der Waals surface area contributed by atoms with Crippen LogP contribution in [0.4, 0.5) is 8.78 Å². The first-order valence-corrected chi connectivity index (χ1v) is 10.2. The smallest absolute Gasteiger partial charge is 0.387 e. The van der Waals surface area contributed by atoms with E-state index in [2.05, 4.69) is 4.74 Å². The standard InChI is InChI=1S/C25H21ClF2O5/c1-30-21-11-8-16(13-18(21)15-32-22-6-4-3-5-19(22)26)7-10-20(29)17-9-12-23(33-25(27)28)24(14-17)31-2/h3-14,25H,15H2,1-2H3/b10-7+. The number of carbonyl (C=O) groups excluding carboxylic acids is 1. The summed E-state index contributed by atoms with van der Waals surface area (Å²) in [5.41, 5.74) is 1.77. The first-order valence-electron chi connectivity index (χ1n) is 9.80. The molecule has 0 spiro atoms. The van der Waals surface area contributed by atoms with Crippen LogP contribution in [0.25, 0.3) is 6.08 Å². The van der Waals surface area contributed by atoms with Gasteiger partial charge in [0.25, 0.3) is 0 Å². The monoisotopic (exact) mass is 474 g/mol. The van der Waals surface area contributed by atoms with Gasteiger partial charge in [0.05, 0.1) is 19.2 Å². The maximum atomic E-state index is 12.6. The number of benzene rings is 3. The van der Waals surface area contributed by atoms with Crippen molar-refractivity contribution in [2.24, 2.45) is 0 Å². The van der Waals surface area contributed by atoms with Crippen molar-refractivity contribution in [1.29, 1.82) is 0 Å². The Bertz CT molecular complexity index is 1150. The molecule has 0 saturated carbocycles. The van der Waals surface area contributed by atoms with Gasteiger partial charge in [-0.05, 0) is 54.1 Å². The summed E-state index contributed by atoms with van der Waals surface area (Å²) >= 11 is 6.14. The molecule has 3 rings (SSSR count). The lowest BCUT2D eigenvalue weighted by molar-refractivity contribution is -0.0512. The molecular formula is C25H21ClF2O5. The molecule has 0 saturated heterocycles. The number of ketones is 1. The zero-order valence-electron chi connectivity index (χ0n) is 17.9. The Morgan fingerprint density at radius 3 is 2.36 bits per heavy atom. The Morgan fingerprint density at radius 2 is 1.67 bits per heavy atom. The molecule has 33 heavy (non-hydrogen) atoms. The fourth-order valence-electron chi connectivity index (χ4n) is 3.01. The average Bonchev–Trinajstić information content (AvgIpc) is 2.82. The van der Waals surface area contributed by atoms with Crippen molar-refractivity contribution < 1.29 is 32.5 Å². The molecule has 0 amide bonds. The van der Waals surface area contributed by atoms with Gasteiger partial charge in [0.1, 0.15) is 18.1 Å². The molecule has 0 radical (unpaired) electrons. The van der Waals surface area contributed by atoms with Crippen molar-refractivity contribution in [3.8, 4) is 23.0 Å². The summed E-state index contributed by atoms with van der Waals surface area (Å²) in [6.45, 7) is -2.78. The Labute approximate surface area is 195 Å². The zero-order valence-corrected chi connectivity index (χ0v) is 18.6.